The molecule has 0 bridgehead atoms. The van der Waals surface area contributed by atoms with Crippen molar-refractivity contribution in [2.45, 2.75) is 39.5 Å². The Morgan fingerprint density at radius 3 is 1.67 bits per heavy atom. The van der Waals surface area contributed by atoms with Crippen LogP contribution in [-0.4, -0.2) is 0 Å². The smallest absolute Gasteiger partial charge is 0.128 e. The number of hydrogen-bond donors (Lipinski definition) is 0. The summed E-state index contributed by atoms with van der Waals surface area (Å²) in [7, 11) is 0. The molecule has 0 spiro atoms. The average molecular weight is 162 g/mol. The first-order valence-corrected chi connectivity index (χ1v) is 4.32. The van der Waals surface area contributed by atoms with Crippen molar-refractivity contribution in [1.82, 2.24) is 0 Å². The van der Waals surface area contributed by atoms with E-state index in [1.54, 1.807) is 0 Å². The number of nitrogens with zero attached hydrogens (tertiary/aromatic N) is 2. The van der Waals surface area contributed by atoms with Gasteiger partial charge in [-0.25, -0.2) is 0 Å². The highest BCUT2D eigenvalue weighted by atomic mass is 14.3. The first-order chi connectivity index (χ1) is 5.79. The summed E-state index contributed by atoms with van der Waals surface area (Å²) >= 11 is 0. The average Bonchev–Trinajstić information content (AvgIpc) is 2.07. The maximum absolute atomic E-state index is 8.62. The Morgan fingerprint density at radius 1 is 1.00 bits per heavy atom. The molecule has 0 unspecified atom stereocenters. The number of hydrogen-bond acceptors (Lipinski definition) is 2. The minimum Gasteiger partial charge on any atom is -0.192 e. The van der Waals surface area contributed by atoms with Gasteiger partial charge in [0.2, 0.25) is 0 Å². The predicted octanol–water partition coefficient (Wildman–Crippen LogP) is 2.93. The van der Waals surface area contributed by atoms with Crippen LogP contribution in [0.25, 0.3) is 0 Å². The topological polar surface area (TPSA) is 47.6 Å². The van der Waals surface area contributed by atoms with Gasteiger partial charge in [-0.1, -0.05) is 26.7 Å². The fourth-order valence-corrected chi connectivity index (χ4v) is 1.16. The van der Waals surface area contributed by atoms with Gasteiger partial charge in [-0.05, 0) is 18.4 Å². The van der Waals surface area contributed by atoms with E-state index in [9.17, 15) is 0 Å². The fourth-order valence-electron chi connectivity index (χ4n) is 1.16. The summed E-state index contributed by atoms with van der Waals surface area (Å²) < 4.78 is 0. The maximum Gasteiger partial charge on any atom is 0.128 e. The van der Waals surface area contributed by atoms with Gasteiger partial charge in [0.1, 0.15) is 17.7 Å². The molecule has 0 aliphatic rings. The highest BCUT2D eigenvalue weighted by Crippen LogP contribution is 2.16. The monoisotopic (exact) mass is 162 g/mol. The summed E-state index contributed by atoms with van der Waals surface area (Å²) in [5.74, 6) is 0. The van der Waals surface area contributed by atoms with Crippen molar-refractivity contribution in [3.05, 3.63) is 11.1 Å². The van der Waals surface area contributed by atoms with Gasteiger partial charge in [0.05, 0.1) is 0 Å². The third kappa shape index (κ3) is 3.21. The summed E-state index contributed by atoms with van der Waals surface area (Å²) in [5, 5.41) is 17.2. The molecule has 0 amide bonds. The molecule has 0 aliphatic heterocycles. The molecule has 0 aliphatic carbocycles. The van der Waals surface area contributed by atoms with E-state index in [2.05, 4.69) is 13.8 Å². The Morgan fingerprint density at radius 2 is 1.42 bits per heavy atom. The molecule has 0 saturated carbocycles. The maximum atomic E-state index is 8.62. The van der Waals surface area contributed by atoms with Gasteiger partial charge >= 0.3 is 0 Å². The Bertz CT molecular complexity index is 214. The van der Waals surface area contributed by atoms with Crippen LogP contribution in [0.5, 0.6) is 0 Å². The van der Waals surface area contributed by atoms with Gasteiger partial charge in [-0.15, -0.1) is 0 Å². The van der Waals surface area contributed by atoms with Gasteiger partial charge < -0.3 is 0 Å². The highest BCUT2D eigenvalue weighted by Gasteiger charge is 2.03. The Labute approximate surface area is 74.1 Å². The van der Waals surface area contributed by atoms with Gasteiger partial charge in [0.25, 0.3) is 0 Å². The van der Waals surface area contributed by atoms with Crippen molar-refractivity contribution in [2.75, 3.05) is 0 Å². The molecular weight excluding hydrogens is 148 g/mol. The van der Waals surface area contributed by atoms with Gasteiger partial charge in [-0.3, -0.25) is 0 Å². The van der Waals surface area contributed by atoms with Crippen molar-refractivity contribution in [1.29, 1.82) is 10.5 Å². The number of rotatable bonds is 4. The fraction of sp³-hybridized carbons (Fsp3) is 0.600. The van der Waals surface area contributed by atoms with E-state index in [1.807, 2.05) is 12.1 Å². The Kier molecular flexibility index (Phi) is 5.75. The van der Waals surface area contributed by atoms with E-state index < -0.39 is 0 Å². The second kappa shape index (κ2) is 6.43. The molecule has 12 heavy (non-hydrogen) atoms. The van der Waals surface area contributed by atoms with Crippen molar-refractivity contribution >= 4 is 0 Å². The second-order valence-electron chi connectivity index (χ2n) is 2.70. The zero-order valence-corrected chi connectivity index (χ0v) is 7.72. The largest absolute Gasteiger partial charge is 0.192 e. The van der Waals surface area contributed by atoms with E-state index in [0.29, 0.717) is 5.57 Å². The van der Waals surface area contributed by atoms with Gasteiger partial charge in [-0.2, -0.15) is 10.5 Å². The second-order valence-corrected chi connectivity index (χ2v) is 2.70. The van der Waals surface area contributed by atoms with Crippen LogP contribution in [0, 0.1) is 22.7 Å². The lowest BCUT2D eigenvalue weighted by atomic mass is 10.0. The van der Waals surface area contributed by atoms with E-state index >= 15 is 0 Å². The Balaban J connectivity index is 4.57. The first-order valence-electron chi connectivity index (χ1n) is 4.32. The van der Waals surface area contributed by atoms with Crippen LogP contribution in [0.1, 0.15) is 39.5 Å². The third-order valence-corrected chi connectivity index (χ3v) is 1.68. The van der Waals surface area contributed by atoms with E-state index in [-0.39, 0.29) is 0 Å². The van der Waals surface area contributed by atoms with E-state index in [1.165, 1.54) is 0 Å². The molecule has 64 valence electrons. The summed E-state index contributed by atoms with van der Waals surface area (Å²) in [6.07, 6.45) is 3.76. The molecular formula is C10H14N2. The molecule has 0 fully saturated rings. The van der Waals surface area contributed by atoms with Crippen LogP contribution in [0.4, 0.5) is 0 Å². The molecule has 2 nitrogen and oxygen atoms in total. The molecule has 0 aromatic rings. The van der Waals surface area contributed by atoms with Crippen molar-refractivity contribution in [3.8, 4) is 12.1 Å². The lowest BCUT2D eigenvalue weighted by Gasteiger charge is -2.02. The summed E-state index contributed by atoms with van der Waals surface area (Å²) in [6.45, 7) is 4.12. The normalized spacial score (nSPS) is 8.33. The van der Waals surface area contributed by atoms with Gasteiger partial charge in [0.15, 0.2) is 0 Å². The molecule has 0 heterocycles. The molecule has 0 aromatic heterocycles. The minimum atomic E-state index is 0.318. The molecule has 0 saturated heterocycles. The molecule has 0 rings (SSSR count). The molecule has 2 heteroatoms. The van der Waals surface area contributed by atoms with Crippen LogP contribution in [0.2, 0.25) is 0 Å². The number of nitriles is 2. The van der Waals surface area contributed by atoms with Crippen LogP contribution in [0.15, 0.2) is 11.1 Å². The molecule has 0 radical (unpaired) electrons. The van der Waals surface area contributed by atoms with Gasteiger partial charge in [0, 0.05) is 0 Å². The lowest BCUT2D eigenvalue weighted by molar-refractivity contribution is 0.799. The van der Waals surface area contributed by atoms with E-state index in [0.717, 1.165) is 31.3 Å². The summed E-state index contributed by atoms with van der Waals surface area (Å²) in [4.78, 5) is 0. The van der Waals surface area contributed by atoms with Crippen LogP contribution < -0.4 is 0 Å². The van der Waals surface area contributed by atoms with Crippen LogP contribution in [0.3, 0.4) is 0 Å². The van der Waals surface area contributed by atoms with E-state index in [4.69, 9.17) is 10.5 Å². The predicted molar refractivity (Wildman–Crippen MR) is 48.1 cm³/mol. The van der Waals surface area contributed by atoms with Crippen LogP contribution >= 0.6 is 0 Å². The zero-order valence-electron chi connectivity index (χ0n) is 7.72. The Hall–Kier alpha value is -1.28. The lowest BCUT2D eigenvalue weighted by Crippen LogP contribution is -1.88. The quantitative estimate of drug-likeness (QED) is 0.596. The summed E-state index contributed by atoms with van der Waals surface area (Å²) in [6, 6.07) is 3.88. The highest BCUT2D eigenvalue weighted by molar-refractivity contribution is 5.40. The first kappa shape index (κ1) is 10.7. The third-order valence-electron chi connectivity index (χ3n) is 1.68. The SMILES string of the molecule is CCCC(CCC)=C(C#N)C#N. The van der Waals surface area contributed by atoms with Crippen molar-refractivity contribution in [3.63, 3.8) is 0 Å². The standard InChI is InChI=1S/C10H14N2/c1-3-5-9(6-4-2)10(7-11)8-12/h3-6H2,1-2H3. The van der Waals surface area contributed by atoms with Crippen LogP contribution in [-0.2, 0) is 0 Å². The molecule has 0 aromatic carbocycles. The van der Waals surface area contributed by atoms with Crippen molar-refractivity contribution < 1.29 is 0 Å². The van der Waals surface area contributed by atoms with Crippen molar-refractivity contribution in [2.24, 2.45) is 0 Å². The molecule has 0 atom stereocenters. The number of allylic oxidation sites excluding steroid dienone is 2. The summed E-state index contributed by atoms with van der Waals surface area (Å²) in [5.41, 5.74) is 1.34. The molecule has 0 N–H and O–H groups in total. The minimum absolute atomic E-state index is 0.318. The zero-order chi connectivity index (χ0) is 9.40.